The molecule has 5 nitrogen and oxygen atoms in total. The molecule has 1 aromatic heterocycles. The first-order chi connectivity index (χ1) is 8.97. The fourth-order valence-electron chi connectivity index (χ4n) is 1.68. The van der Waals surface area contributed by atoms with E-state index in [1.54, 1.807) is 12.1 Å². The van der Waals surface area contributed by atoms with Crippen molar-refractivity contribution < 1.29 is 15.2 Å². The van der Waals surface area contributed by atoms with Crippen LogP contribution in [-0.2, 0) is 6.54 Å². The lowest BCUT2D eigenvalue weighted by molar-refractivity contribution is 0.425. The topological polar surface area (TPSA) is 82.7 Å². The Bertz CT molecular complexity index is 656. The van der Waals surface area contributed by atoms with Gasteiger partial charge >= 0.3 is 7.12 Å². The minimum Gasteiger partial charge on any atom is -0.508 e. The second-order valence-corrected chi connectivity index (χ2v) is 4.51. The molecule has 0 fully saturated rings. The van der Waals surface area contributed by atoms with Gasteiger partial charge in [-0.15, -0.1) is 0 Å². The number of nitrogens with zero attached hydrogens (tertiary/aromatic N) is 1. The molecule has 7 heteroatoms. The molecule has 0 aliphatic carbocycles. The number of hydrogen-bond acceptors (Lipinski definition) is 4. The van der Waals surface area contributed by atoms with Crippen LogP contribution in [-0.4, -0.2) is 26.8 Å². The Hall–Kier alpha value is -1.76. The first-order valence-electron chi connectivity index (χ1n) is 5.51. The molecule has 2 rings (SSSR count). The van der Waals surface area contributed by atoms with E-state index in [2.05, 4.69) is 0 Å². The molecular weight excluding hydrogens is 268 g/mol. The molecule has 0 saturated carbocycles. The number of pyridine rings is 1. The first kappa shape index (κ1) is 13.7. The molecular formula is C12H11BClNO4. The standard InChI is InChI=1S/C12H11BClNO4/c14-10-1-2-11(16)8(5-10)7-15-4-3-9(13(18)19)6-12(15)17/h1-6,16,18-19H,7H2. The van der Waals surface area contributed by atoms with Crippen LogP contribution in [0.2, 0.25) is 5.02 Å². The Morgan fingerprint density at radius 1 is 1.21 bits per heavy atom. The summed E-state index contributed by atoms with van der Waals surface area (Å²) in [6.07, 6.45) is 1.43. The van der Waals surface area contributed by atoms with E-state index in [1.165, 1.54) is 22.9 Å². The van der Waals surface area contributed by atoms with Gasteiger partial charge < -0.3 is 19.7 Å². The van der Waals surface area contributed by atoms with Gasteiger partial charge in [0.25, 0.3) is 0 Å². The predicted molar refractivity (Wildman–Crippen MR) is 72.7 cm³/mol. The molecule has 0 amide bonds. The third-order valence-electron chi connectivity index (χ3n) is 2.70. The van der Waals surface area contributed by atoms with Crippen LogP contribution in [0.5, 0.6) is 5.75 Å². The molecule has 0 bridgehead atoms. The second kappa shape index (κ2) is 5.48. The number of phenols is 1. The SMILES string of the molecule is O=c1cc(B(O)O)ccn1Cc1cc(Cl)ccc1O. The molecule has 2 aromatic rings. The van der Waals surface area contributed by atoms with Crippen LogP contribution in [0.1, 0.15) is 5.56 Å². The van der Waals surface area contributed by atoms with Crippen LogP contribution in [0.4, 0.5) is 0 Å². The zero-order valence-electron chi connectivity index (χ0n) is 9.82. The summed E-state index contributed by atoms with van der Waals surface area (Å²) in [5.41, 5.74) is 0.230. The summed E-state index contributed by atoms with van der Waals surface area (Å²) in [4.78, 5) is 11.8. The second-order valence-electron chi connectivity index (χ2n) is 4.07. The predicted octanol–water partition coefficient (Wildman–Crippen LogP) is -0.0646. The van der Waals surface area contributed by atoms with Crippen molar-refractivity contribution in [2.75, 3.05) is 0 Å². The lowest BCUT2D eigenvalue weighted by Gasteiger charge is -2.09. The van der Waals surface area contributed by atoms with Gasteiger partial charge in [-0.1, -0.05) is 11.6 Å². The molecule has 0 unspecified atom stereocenters. The van der Waals surface area contributed by atoms with Gasteiger partial charge in [-0.2, -0.15) is 0 Å². The number of halogens is 1. The average Bonchev–Trinajstić information content (AvgIpc) is 2.36. The fourth-order valence-corrected chi connectivity index (χ4v) is 1.87. The van der Waals surface area contributed by atoms with Crippen molar-refractivity contribution in [1.82, 2.24) is 4.57 Å². The number of rotatable bonds is 3. The smallest absolute Gasteiger partial charge is 0.488 e. The third kappa shape index (κ3) is 3.17. The fraction of sp³-hybridized carbons (Fsp3) is 0.0833. The zero-order valence-corrected chi connectivity index (χ0v) is 10.6. The van der Waals surface area contributed by atoms with E-state index in [4.69, 9.17) is 21.6 Å². The largest absolute Gasteiger partial charge is 0.508 e. The Morgan fingerprint density at radius 2 is 1.95 bits per heavy atom. The molecule has 0 aliphatic rings. The van der Waals surface area contributed by atoms with Gasteiger partial charge in [0.2, 0.25) is 5.56 Å². The minimum absolute atomic E-state index is 0.0440. The monoisotopic (exact) mass is 279 g/mol. The molecule has 98 valence electrons. The third-order valence-corrected chi connectivity index (χ3v) is 2.94. The van der Waals surface area contributed by atoms with E-state index in [9.17, 15) is 9.90 Å². The quantitative estimate of drug-likeness (QED) is 0.687. The van der Waals surface area contributed by atoms with Gasteiger partial charge in [0.1, 0.15) is 5.75 Å². The van der Waals surface area contributed by atoms with Gasteiger partial charge in [-0.05, 0) is 29.7 Å². The van der Waals surface area contributed by atoms with Crippen molar-refractivity contribution in [2.24, 2.45) is 0 Å². The van der Waals surface area contributed by atoms with Gasteiger partial charge in [0.05, 0.1) is 6.54 Å². The van der Waals surface area contributed by atoms with Gasteiger partial charge in [-0.3, -0.25) is 4.79 Å². The lowest BCUT2D eigenvalue weighted by atomic mass is 9.81. The molecule has 0 aliphatic heterocycles. The Kier molecular flexibility index (Phi) is 3.94. The van der Waals surface area contributed by atoms with E-state index < -0.39 is 12.7 Å². The van der Waals surface area contributed by atoms with Crippen molar-refractivity contribution in [3.8, 4) is 5.75 Å². The molecule has 0 saturated heterocycles. The van der Waals surface area contributed by atoms with Crippen molar-refractivity contribution in [2.45, 2.75) is 6.54 Å². The van der Waals surface area contributed by atoms with Crippen molar-refractivity contribution in [3.05, 3.63) is 57.5 Å². The van der Waals surface area contributed by atoms with Gasteiger partial charge in [-0.25, -0.2) is 0 Å². The molecule has 0 atom stereocenters. The molecule has 1 heterocycles. The Morgan fingerprint density at radius 3 is 2.58 bits per heavy atom. The molecule has 1 aromatic carbocycles. The van der Waals surface area contributed by atoms with E-state index in [1.807, 2.05) is 0 Å². The highest BCUT2D eigenvalue weighted by Gasteiger charge is 2.12. The molecule has 3 N–H and O–H groups in total. The highest BCUT2D eigenvalue weighted by molar-refractivity contribution is 6.58. The number of hydrogen-bond donors (Lipinski definition) is 3. The maximum atomic E-state index is 11.8. The first-order valence-corrected chi connectivity index (χ1v) is 5.89. The van der Waals surface area contributed by atoms with Crippen molar-refractivity contribution in [3.63, 3.8) is 0 Å². The van der Waals surface area contributed by atoms with E-state index in [0.29, 0.717) is 10.6 Å². The zero-order chi connectivity index (χ0) is 14.0. The van der Waals surface area contributed by atoms with Crippen molar-refractivity contribution >= 4 is 24.2 Å². The number of aromatic hydroxyl groups is 1. The van der Waals surface area contributed by atoms with Gasteiger partial charge in [0, 0.05) is 22.8 Å². The average molecular weight is 279 g/mol. The Labute approximate surface area is 114 Å². The summed E-state index contributed by atoms with van der Waals surface area (Å²) in [6.45, 7) is 0.146. The van der Waals surface area contributed by atoms with E-state index in [-0.39, 0.29) is 17.8 Å². The summed E-state index contributed by atoms with van der Waals surface area (Å²) in [7, 11) is -1.68. The van der Waals surface area contributed by atoms with Gasteiger partial charge in [0.15, 0.2) is 0 Å². The Balaban J connectivity index is 2.34. The highest BCUT2D eigenvalue weighted by Crippen LogP contribution is 2.21. The van der Waals surface area contributed by atoms with Crippen molar-refractivity contribution in [1.29, 1.82) is 0 Å². The maximum absolute atomic E-state index is 11.8. The lowest BCUT2D eigenvalue weighted by Crippen LogP contribution is -2.35. The molecule has 19 heavy (non-hydrogen) atoms. The summed E-state index contributed by atoms with van der Waals surface area (Å²) in [5, 5.41) is 28.1. The van der Waals surface area contributed by atoms with Crippen LogP contribution >= 0.6 is 11.6 Å². The summed E-state index contributed by atoms with van der Waals surface area (Å²) < 4.78 is 1.33. The van der Waals surface area contributed by atoms with E-state index >= 15 is 0 Å². The number of benzene rings is 1. The molecule has 0 radical (unpaired) electrons. The summed E-state index contributed by atoms with van der Waals surface area (Å²) in [6, 6.07) is 7.13. The van der Waals surface area contributed by atoms with Crippen LogP contribution in [0.3, 0.4) is 0 Å². The number of phenolic OH excluding ortho intramolecular Hbond substituents is 1. The van der Waals surface area contributed by atoms with Crippen LogP contribution < -0.4 is 11.0 Å². The number of aromatic nitrogens is 1. The van der Waals surface area contributed by atoms with Crippen LogP contribution in [0, 0.1) is 0 Å². The van der Waals surface area contributed by atoms with E-state index in [0.717, 1.165) is 6.07 Å². The minimum atomic E-state index is -1.68. The normalized spacial score (nSPS) is 10.5. The van der Waals surface area contributed by atoms with Crippen LogP contribution in [0.15, 0.2) is 41.3 Å². The maximum Gasteiger partial charge on any atom is 0.488 e. The summed E-state index contributed by atoms with van der Waals surface area (Å²) >= 11 is 5.83. The molecule has 0 spiro atoms. The summed E-state index contributed by atoms with van der Waals surface area (Å²) in [5.74, 6) is 0.0440. The van der Waals surface area contributed by atoms with Crippen LogP contribution in [0.25, 0.3) is 0 Å². The highest BCUT2D eigenvalue weighted by atomic mass is 35.5.